The topological polar surface area (TPSA) is 12.0 Å². The Morgan fingerprint density at radius 2 is 1.78 bits per heavy atom. The van der Waals surface area contributed by atoms with E-state index in [-0.39, 0.29) is 6.04 Å². The second-order valence-corrected chi connectivity index (χ2v) is 5.19. The second-order valence-electron chi connectivity index (χ2n) is 5.19. The maximum absolute atomic E-state index is 5.56. The molecule has 1 nitrogen and oxygen atoms in total. The van der Waals surface area contributed by atoms with Crippen LogP contribution in [0, 0.1) is 33.1 Å². The van der Waals surface area contributed by atoms with Crippen LogP contribution in [0.3, 0.4) is 0 Å². The Morgan fingerprint density at radius 3 is 2.33 bits per heavy atom. The van der Waals surface area contributed by atoms with Crippen molar-refractivity contribution >= 4 is 0 Å². The SMILES string of the molecule is C#CC(CCC)NC(C)c1cc(C)c(C)cc1C. The van der Waals surface area contributed by atoms with E-state index < -0.39 is 0 Å². The third kappa shape index (κ3) is 3.62. The van der Waals surface area contributed by atoms with Crippen molar-refractivity contribution in [3.8, 4) is 12.3 Å². The van der Waals surface area contributed by atoms with Crippen molar-refractivity contribution in [1.82, 2.24) is 5.32 Å². The smallest absolute Gasteiger partial charge is 0.0691 e. The van der Waals surface area contributed by atoms with E-state index in [4.69, 9.17) is 6.42 Å². The molecule has 0 aliphatic heterocycles. The number of hydrogen-bond acceptors (Lipinski definition) is 1. The predicted molar refractivity (Wildman–Crippen MR) is 79.7 cm³/mol. The van der Waals surface area contributed by atoms with Gasteiger partial charge in [-0.1, -0.05) is 31.4 Å². The zero-order valence-electron chi connectivity index (χ0n) is 12.3. The molecule has 1 N–H and O–H groups in total. The van der Waals surface area contributed by atoms with Crippen LogP contribution in [0.15, 0.2) is 12.1 Å². The molecule has 0 heterocycles. The van der Waals surface area contributed by atoms with Gasteiger partial charge in [0.25, 0.3) is 0 Å². The van der Waals surface area contributed by atoms with Crippen molar-refractivity contribution in [2.75, 3.05) is 0 Å². The summed E-state index contributed by atoms with van der Waals surface area (Å²) in [5.41, 5.74) is 5.39. The third-order valence-electron chi connectivity index (χ3n) is 3.58. The van der Waals surface area contributed by atoms with E-state index in [9.17, 15) is 0 Å². The Kier molecular flexibility index (Phi) is 5.44. The van der Waals surface area contributed by atoms with Crippen LogP contribution in [0.2, 0.25) is 0 Å². The van der Waals surface area contributed by atoms with Crippen molar-refractivity contribution in [3.63, 3.8) is 0 Å². The van der Waals surface area contributed by atoms with Crippen LogP contribution in [0.1, 0.15) is 55.0 Å². The lowest BCUT2D eigenvalue weighted by Gasteiger charge is -2.22. The van der Waals surface area contributed by atoms with Crippen LogP contribution in [0.5, 0.6) is 0 Å². The van der Waals surface area contributed by atoms with E-state index in [1.165, 1.54) is 22.3 Å². The molecule has 98 valence electrons. The molecule has 0 spiro atoms. The number of aryl methyl sites for hydroxylation is 3. The Labute approximate surface area is 112 Å². The van der Waals surface area contributed by atoms with Gasteiger partial charge in [0.15, 0.2) is 0 Å². The number of terminal acetylenes is 1. The zero-order chi connectivity index (χ0) is 13.7. The maximum atomic E-state index is 5.56. The standard InChI is InChI=1S/C17H25N/c1-7-9-16(8-2)18-15(6)17-11-13(4)12(3)10-14(17)5/h2,10-11,15-16,18H,7,9H2,1,3-6H3. The molecule has 0 bridgehead atoms. The summed E-state index contributed by atoms with van der Waals surface area (Å²) >= 11 is 0. The van der Waals surface area contributed by atoms with Crippen molar-refractivity contribution in [2.45, 2.75) is 59.5 Å². The summed E-state index contributed by atoms with van der Waals surface area (Å²) in [6, 6.07) is 5.01. The molecular formula is C17H25N. The second kappa shape index (κ2) is 6.61. The highest BCUT2D eigenvalue weighted by molar-refractivity contribution is 5.38. The van der Waals surface area contributed by atoms with Gasteiger partial charge < -0.3 is 0 Å². The van der Waals surface area contributed by atoms with Crippen LogP contribution < -0.4 is 5.32 Å². The molecule has 1 aromatic rings. The first kappa shape index (κ1) is 14.8. The van der Waals surface area contributed by atoms with Crippen LogP contribution in [-0.4, -0.2) is 6.04 Å². The molecule has 0 saturated carbocycles. The number of rotatable bonds is 5. The average molecular weight is 243 g/mol. The Bertz CT molecular complexity index is 440. The van der Waals surface area contributed by atoms with Gasteiger partial charge in [0.1, 0.15) is 0 Å². The third-order valence-corrected chi connectivity index (χ3v) is 3.58. The van der Waals surface area contributed by atoms with Gasteiger partial charge in [0.2, 0.25) is 0 Å². The molecule has 18 heavy (non-hydrogen) atoms. The molecule has 1 heteroatoms. The molecule has 0 saturated heterocycles. The van der Waals surface area contributed by atoms with E-state index >= 15 is 0 Å². The molecule has 0 aromatic heterocycles. The van der Waals surface area contributed by atoms with E-state index in [0.717, 1.165) is 12.8 Å². The van der Waals surface area contributed by atoms with E-state index in [1.807, 2.05) is 0 Å². The van der Waals surface area contributed by atoms with Gasteiger partial charge >= 0.3 is 0 Å². The summed E-state index contributed by atoms with van der Waals surface area (Å²) in [6.07, 6.45) is 7.71. The van der Waals surface area contributed by atoms with Gasteiger partial charge in [-0.05, 0) is 56.4 Å². The minimum Gasteiger partial charge on any atom is -0.297 e. The van der Waals surface area contributed by atoms with Crippen molar-refractivity contribution < 1.29 is 0 Å². The fourth-order valence-corrected chi connectivity index (χ4v) is 2.34. The fraction of sp³-hybridized carbons (Fsp3) is 0.529. The van der Waals surface area contributed by atoms with Gasteiger partial charge in [-0.25, -0.2) is 0 Å². The highest BCUT2D eigenvalue weighted by Crippen LogP contribution is 2.22. The van der Waals surface area contributed by atoms with Crippen molar-refractivity contribution in [2.24, 2.45) is 0 Å². The summed E-state index contributed by atoms with van der Waals surface area (Å²) in [5, 5.41) is 3.54. The molecule has 0 amide bonds. The molecule has 0 radical (unpaired) electrons. The molecule has 0 aliphatic rings. The highest BCUT2D eigenvalue weighted by Gasteiger charge is 2.13. The zero-order valence-corrected chi connectivity index (χ0v) is 12.3. The van der Waals surface area contributed by atoms with E-state index in [0.29, 0.717) is 6.04 Å². The Hall–Kier alpha value is -1.26. The molecule has 2 atom stereocenters. The lowest BCUT2D eigenvalue weighted by atomic mass is 9.96. The normalized spacial score (nSPS) is 14.0. The first-order valence-corrected chi connectivity index (χ1v) is 6.79. The number of benzene rings is 1. The first-order valence-electron chi connectivity index (χ1n) is 6.79. The van der Waals surface area contributed by atoms with E-state index in [2.05, 4.69) is 58.0 Å². The summed E-state index contributed by atoms with van der Waals surface area (Å²) in [7, 11) is 0. The minimum atomic E-state index is 0.172. The number of nitrogens with one attached hydrogen (secondary N) is 1. The lowest BCUT2D eigenvalue weighted by Crippen LogP contribution is -2.30. The molecule has 0 aliphatic carbocycles. The highest BCUT2D eigenvalue weighted by atomic mass is 14.9. The summed E-state index contributed by atoms with van der Waals surface area (Å²) in [6.45, 7) is 10.8. The minimum absolute atomic E-state index is 0.172. The molecule has 0 fully saturated rings. The number of hydrogen-bond donors (Lipinski definition) is 1. The Morgan fingerprint density at radius 1 is 1.17 bits per heavy atom. The first-order chi connectivity index (χ1) is 8.49. The van der Waals surface area contributed by atoms with Crippen molar-refractivity contribution in [3.05, 3.63) is 34.4 Å². The molecule has 1 aromatic carbocycles. The predicted octanol–water partition coefficient (Wildman–Crippen LogP) is 4.06. The summed E-state index contributed by atoms with van der Waals surface area (Å²) in [5.74, 6) is 2.84. The monoisotopic (exact) mass is 243 g/mol. The molecule has 1 rings (SSSR count). The van der Waals surface area contributed by atoms with Gasteiger partial charge in [-0.2, -0.15) is 0 Å². The van der Waals surface area contributed by atoms with Crippen LogP contribution in [0.4, 0.5) is 0 Å². The van der Waals surface area contributed by atoms with E-state index in [1.54, 1.807) is 0 Å². The van der Waals surface area contributed by atoms with Crippen LogP contribution in [0.25, 0.3) is 0 Å². The van der Waals surface area contributed by atoms with Crippen LogP contribution in [-0.2, 0) is 0 Å². The lowest BCUT2D eigenvalue weighted by molar-refractivity contribution is 0.493. The maximum Gasteiger partial charge on any atom is 0.0691 e. The largest absolute Gasteiger partial charge is 0.297 e. The summed E-state index contributed by atoms with van der Waals surface area (Å²) < 4.78 is 0. The fourth-order valence-electron chi connectivity index (χ4n) is 2.34. The molecule has 2 unspecified atom stereocenters. The van der Waals surface area contributed by atoms with Crippen molar-refractivity contribution in [1.29, 1.82) is 0 Å². The average Bonchev–Trinajstić information content (AvgIpc) is 2.33. The van der Waals surface area contributed by atoms with Gasteiger partial charge in [-0.15, -0.1) is 6.42 Å². The van der Waals surface area contributed by atoms with Gasteiger partial charge in [0.05, 0.1) is 6.04 Å². The van der Waals surface area contributed by atoms with Gasteiger partial charge in [0, 0.05) is 6.04 Å². The van der Waals surface area contributed by atoms with Gasteiger partial charge in [-0.3, -0.25) is 5.32 Å². The quantitative estimate of drug-likeness (QED) is 0.769. The molecular weight excluding hydrogens is 218 g/mol. The summed E-state index contributed by atoms with van der Waals surface area (Å²) in [4.78, 5) is 0. The van der Waals surface area contributed by atoms with Crippen LogP contribution >= 0.6 is 0 Å². The Balaban J connectivity index is 2.87.